The van der Waals surface area contributed by atoms with Gasteiger partial charge in [-0.2, -0.15) is 0 Å². The third-order valence-corrected chi connectivity index (χ3v) is 3.15. The predicted molar refractivity (Wildman–Crippen MR) is 45.4 cm³/mol. The summed E-state index contributed by atoms with van der Waals surface area (Å²) in [4.78, 5) is 0. The van der Waals surface area contributed by atoms with Crippen LogP contribution in [0.3, 0.4) is 0 Å². The summed E-state index contributed by atoms with van der Waals surface area (Å²) < 4.78 is 1.36. The summed E-state index contributed by atoms with van der Waals surface area (Å²) in [7, 11) is 0. The molecule has 0 unspecified atom stereocenters. The lowest BCUT2D eigenvalue weighted by atomic mass is 9.65. The molecule has 0 aromatic heterocycles. The smallest absolute Gasteiger partial charge is 0.00241 e. The molecule has 0 bridgehead atoms. The zero-order valence-electron chi connectivity index (χ0n) is 5.58. The molecule has 0 atom stereocenters. The molecular formula is C7H13I. The van der Waals surface area contributed by atoms with Crippen molar-refractivity contribution in [3.63, 3.8) is 0 Å². The molecular weight excluding hydrogens is 211 g/mol. The van der Waals surface area contributed by atoms with Crippen LogP contribution >= 0.6 is 22.6 Å². The molecule has 0 saturated heterocycles. The maximum absolute atomic E-state index is 2.48. The van der Waals surface area contributed by atoms with Gasteiger partial charge in [-0.15, -0.1) is 0 Å². The third-order valence-electron chi connectivity index (χ3n) is 1.90. The van der Waals surface area contributed by atoms with Crippen molar-refractivity contribution in [3.8, 4) is 0 Å². The number of hydrogen-bond acceptors (Lipinski definition) is 0. The van der Waals surface area contributed by atoms with Crippen LogP contribution in [0, 0.1) is 11.3 Å². The molecule has 0 N–H and O–H groups in total. The van der Waals surface area contributed by atoms with Crippen molar-refractivity contribution in [2.45, 2.75) is 26.7 Å². The van der Waals surface area contributed by atoms with Gasteiger partial charge in [-0.05, 0) is 24.2 Å². The van der Waals surface area contributed by atoms with E-state index in [-0.39, 0.29) is 0 Å². The van der Waals surface area contributed by atoms with E-state index in [0.29, 0.717) is 5.41 Å². The lowest BCUT2D eigenvalue weighted by molar-refractivity contribution is 0.117. The fourth-order valence-corrected chi connectivity index (χ4v) is 2.24. The van der Waals surface area contributed by atoms with Gasteiger partial charge in [-0.3, -0.25) is 0 Å². The molecule has 0 aromatic carbocycles. The number of hydrogen-bond donors (Lipinski definition) is 0. The van der Waals surface area contributed by atoms with Crippen molar-refractivity contribution in [1.82, 2.24) is 0 Å². The second kappa shape index (κ2) is 2.16. The topological polar surface area (TPSA) is 0 Å². The molecule has 0 nitrogen and oxygen atoms in total. The van der Waals surface area contributed by atoms with Crippen LogP contribution < -0.4 is 0 Å². The minimum atomic E-state index is 0.690. The van der Waals surface area contributed by atoms with Gasteiger partial charge in [0.2, 0.25) is 0 Å². The van der Waals surface area contributed by atoms with E-state index < -0.39 is 0 Å². The Labute approximate surface area is 65.2 Å². The van der Waals surface area contributed by atoms with Gasteiger partial charge in [0.1, 0.15) is 0 Å². The maximum Gasteiger partial charge on any atom is 0.00241 e. The predicted octanol–water partition coefficient (Wildman–Crippen LogP) is 2.86. The Hall–Kier alpha value is 0.730. The Morgan fingerprint density at radius 1 is 1.50 bits per heavy atom. The number of alkyl halides is 1. The zero-order chi connectivity index (χ0) is 6.20. The first-order chi connectivity index (χ1) is 3.64. The molecule has 0 amide bonds. The largest absolute Gasteiger partial charge is 0.0861 e. The van der Waals surface area contributed by atoms with E-state index in [9.17, 15) is 0 Å². The molecule has 1 aliphatic rings. The van der Waals surface area contributed by atoms with Crippen molar-refractivity contribution in [3.05, 3.63) is 0 Å². The Kier molecular flexibility index (Phi) is 1.85. The normalized spacial score (nSPS) is 27.4. The Bertz CT molecular complexity index is 78.4. The highest BCUT2D eigenvalue weighted by Gasteiger charge is 2.34. The van der Waals surface area contributed by atoms with Crippen molar-refractivity contribution in [2.75, 3.05) is 4.43 Å². The second-order valence-electron chi connectivity index (χ2n) is 3.59. The summed E-state index contributed by atoms with van der Waals surface area (Å²) in [6, 6.07) is 0. The average molecular weight is 224 g/mol. The first-order valence-corrected chi connectivity index (χ1v) is 4.72. The van der Waals surface area contributed by atoms with E-state index in [2.05, 4.69) is 36.4 Å². The molecule has 1 fully saturated rings. The Balaban J connectivity index is 2.21. The van der Waals surface area contributed by atoms with Crippen LogP contribution in [0.2, 0.25) is 0 Å². The Morgan fingerprint density at radius 3 is 2.12 bits per heavy atom. The fraction of sp³-hybridized carbons (Fsp3) is 1.00. The lowest BCUT2D eigenvalue weighted by Gasteiger charge is -2.41. The first kappa shape index (κ1) is 6.84. The molecule has 1 heteroatoms. The van der Waals surface area contributed by atoms with Crippen LogP contribution in [0.4, 0.5) is 0 Å². The number of halogens is 1. The highest BCUT2D eigenvalue weighted by Crippen LogP contribution is 2.45. The minimum Gasteiger partial charge on any atom is -0.0861 e. The summed E-state index contributed by atoms with van der Waals surface area (Å²) in [5, 5.41) is 0. The van der Waals surface area contributed by atoms with Crippen LogP contribution in [-0.4, -0.2) is 4.43 Å². The summed E-state index contributed by atoms with van der Waals surface area (Å²) in [5.74, 6) is 1.05. The fourth-order valence-electron chi connectivity index (χ4n) is 1.61. The maximum atomic E-state index is 2.48. The first-order valence-electron chi connectivity index (χ1n) is 3.20. The molecule has 0 heterocycles. The average Bonchev–Trinajstić information content (AvgIpc) is 1.60. The van der Waals surface area contributed by atoms with Gasteiger partial charge in [0.25, 0.3) is 0 Å². The molecule has 0 aromatic rings. The van der Waals surface area contributed by atoms with Crippen molar-refractivity contribution in [1.29, 1.82) is 0 Å². The zero-order valence-corrected chi connectivity index (χ0v) is 7.73. The summed E-state index contributed by atoms with van der Waals surface area (Å²) >= 11 is 2.48. The second-order valence-corrected chi connectivity index (χ2v) is 4.47. The van der Waals surface area contributed by atoms with Gasteiger partial charge in [0.05, 0.1) is 0 Å². The molecule has 48 valence electrons. The summed E-state index contributed by atoms with van der Waals surface area (Å²) in [5.41, 5.74) is 0.690. The summed E-state index contributed by atoms with van der Waals surface area (Å²) in [6.07, 6.45) is 2.91. The molecule has 1 saturated carbocycles. The quantitative estimate of drug-likeness (QED) is 0.474. The van der Waals surface area contributed by atoms with E-state index >= 15 is 0 Å². The van der Waals surface area contributed by atoms with Gasteiger partial charge < -0.3 is 0 Å². The molecule has 1 rings (SSSR count). The van der Waals surface area contributed by atoms with Gasteiger partial charge in [-0.25, -0.2) is 0 Å². The van der Waals surface area contributed by atoms with E-state index in [1.807, 2.05) is 0 Å². The van der Waals surface area contributed by atoms with E-state index in [0.717, 1.165) is 5.92 Å². The summed E-state index contributed by atoms with van der Waals surface area (Å²) in [6.45, 7) is 4.71. The third kappa shape index (κ3) is 1.36. The van der Waals surface area contributed by atoms with Gasteiger partial charge in [-0.1, -0.05) is 36.4 Å². The van der Waals surface area contributed by atoms with Crippen molar-refractivity contribution >= 4 is 22.6 Å². The van der Waals surface area contributed by atoms with Crippen molar-refractivity contribution < 1.29 is 0 Å². The molecule has 0 aliphatic heterocycles. The van der Waals surface area contributed by atoms with Gasteiger partial charge in [0.15, 0.2) is 0 Å². The molecule has 0 radical (unpaired) electrons. The number of rotatable bonds is 1. The molecule has 1 aliphatic carbocycles. The van der Waals surface area contributed by atoms with E-state index in [4.69, 9.17) is 0 Å². The molecule has 8 heavy (non-hydrogen) atoms. The standard InChI is InChI=1S/C7H13I/c1-7(2)3-6(4-7)5-8/h6H,3-5H2,1-2H3. The van der Waals surface area contributed by atoms with Gasteiger partial charge >= 0.3 is 0 Å². The van der Waals surface area contributed by atoms with E-state index in [1.54, 1.807) is 0 Å². The van der Waals surface area contributed by atoms with Crippen LogP contribution in [0.25, 0.3) is 0 Å². The SMILES string of the molecule is CC1(C)CC(CI)C1. The van der Waals surface area contributed by atoms with E-state index in [1.165, 1.54) is 17.3 Å². The Morgan fingerprint density at radius 2 is 2.00 bits per heavy atom. The van der Waals surface area contributed by atoms with Crippen LogP contribution in [0.1, 0.15) is 26.7 Å². The van der Waals surface area contributed by atoms with Gasteiger partial charge in [0, 0.05) is 4.43 Å². The minimum absolute atomic E-state index is 0.690. The highest BCUT2D eigenvalue weighted by atomic mass is 127. The van der Waals surface area contributed by atoms with Crippen LogP contribution in [-0.2, 0) is 0 Å². The molecule has 0 spiro atoms. The monoisotopic (exact) mass is 224 g/mol. The lowest BCUT2D eigenvalue weighted by Crippen LogP contribution is -2.32. The van der Waals surface area contributed by atoms with Crippen LogP contribution in [0.15, 0.2) is 0 Å². The van der Waals surface area contributed by atoms with Crippen molar-refractivity contribution in [2.24, 2.45) is 11.3 Å². The van der Waals surface area contributed by atoms with Crippen LogP contribution in [0.5, 0.6) is 0 Å². The highest BCUT2D eigenvalue weighted by molar-refractivity contribution is 14.1.